The normalized spacial score (nSPS) is 19.3. The molecule has 3 heteroatoms. The number of piperazine rings is 1. The van der Waals surface area contributed by atoms with Gasteiger partial charge < -0.3 is 4.90 Å². The van der Waals surface area contributed by atoms with Crippen molar-refractivity contribution in [3.63, 3.8) is 0 Å². The largest absolute Gasteiger partial charge is 0.301 e. The Kier molecular flexibility index (Phi) is 4.98. The molecule has 0 aliphatic carbocycles. The van der Waals surface area contributed by atoms with Gasteiger partial charge in [0.15, 0.2) is 0 Å². The monoisotopic (exact) mass is 221 g/mol. The Bertz CT molecular complexity index is 257. The van der Waals surface area contributed by atoms with Crippen LogP contribution in [0, 0.1) is 11.3 Å². The third-order valence-corrected chi connectivity index (χ3v) is 3.32. The lowest BCUT2D eigenvalue weighted by molar-refractivity contribution is 0.0797. The zero-order valence-corrected chi connectivity index (χ0v) is 10.6. The van der Waals surface area contributed by atoms with E-state index in [0.717, 1.165) is 39.1 Å². The van der Waals surface area contributed by atoms with Crippen molar-refractivity contribution in [2.24, 2.45) is 0 Å². The highest BCUT2D eigenvalue weighted by molar-refractivity contribution is 5.02. The van der Waals surface area contributed by atoms with E-state index in [1.54, 1.807) is 0 Å². The summed E-state index contributed by atoms with van der Waals surface area (Å²) in [7, 11) is 0. The second kappa shape index (κ2) is 6.03. The molecule has 3 nitrogen and oxygen atoms in total. The molecule has 1 rings (SSSR count). The van der Waals surface area contributed by atoms with Gasteiger partial charge in [-0.1, -0.05) is 6.08 Å². The molecule has 0 radical (unpaired) electrons. The zero-order chi connectivity index (χ0) is 12.0. The van der Waals surface area contributed by atoms with Gasteiger partial charge in [0, 0.05) is 26.2 Å². The summed E-state index contributed by atoms with van der Waals surface area (Å²) in [6, 6.07) is 2.37. The first-order chi connectivity index (χ1) is 7.60. The van der Waals surface area contributed by atoms with Crippen molar-refractivity contribution in [1.82, 2.24) is 9.80 Å². The summed E-state index contributed by atoms with van der Waals surface area (Å²) in [6.07, 6.45) is 4.28. The molecule has 0 atom stereocenters. The molecule has 1 aliphatic rings. The molecule has 1 fully saturated rings. The van der Waals surface area contributed by atoms with Gasteiger partial charge in [-0.15, -0.1) is 6.58 Å². The highest BCUT2D eigenvalue weighted by atomic mass is 15.3. The average Bonchev–Trinajstić information content (AvgIpc) is 2.30. The molecule has 1 heterocycles. The topological polar surface area (TPSA) is 30.3 Å². The minimum atomic E-state index is -0.312. The van der Waals surface area contributed by atoms with Gasteiger partial charge in [-0.3, -0.25) is 4.90 Å². The highest BCUT2D eigenvalue weighted by Gasteiger charge is 2.29. The van der Waals surface area contributed by atoms with Gasteiger partial charge in [-0.05, 0) is 33.2 Å². The quantitative estimate of drug-likeness (QED) is 0.524. The van der Waals surface area contributed by atoms with E-state index in [1.807, 2.05) is 19.9 Å². The maximum absolute atomic E-state index is 9.07. The van der Waals surface area contributed by atoms with Crippen LogP contribution in [0.25, 0.3) is 0 Å². The molecular formula is C13H23N3. The summed E-state index contributed by atoms with van der Waals surface area (Å²) in [5.41, 5.74) is -0.312. The lowest BCUT2D eigenvalue weighted by Gasteiger charge is -2.40. The molecule has 0 aromatic rings. The third-order valence-electron chi connectivity index (χ3n) is 3.32. The summed E-state index contributed by atoms with van der Waals surface area (Å²) >= 11 is 0. The Hall–Kier alpha value is -0.850. The van der Waals surface area contributed by atoms with Crippen LogP contribution in [0.1, 0.15) is 26.7 Å². The van der Waals surface area contributed by atoms with Crippen LogP contribution >= 0.6 is 0 Å². The number of unbranched alkanes of at least 4 members (excludes halogenated alkanes) is 1. The molecule has 0 N–H and O–H groups in total. The molecule has 0 unspecified atom stereocenters. The molecule has 1 saturated heterocycles. The number of hydrogen-bond donors (Lipinski definition) is 0. The second-order valence-electron chi connectivity index (χ2n) is 4.93. The summed E-state index contributed by atoms with van der Waals surface area (Å²) in [4.78, 5) is 4.75. The smallest absolute Gasteiger partial charge is 0.103 e. The van der Waals surface area contributed by atoms with Crippen molar-refractivity contribution in [3.8, 4) is 6.07 Å². The number of hydrogen-bond acceptors (Lipinski definition) is 3. The SMILES string of the molecule is C=CCCCN1CCN(C(C)(C)C#N)CC1. The molecule has 0 amide bonds. The van der Waals surface area contributed by atoms with Crippen LogP contribution in [0.2, 0.25) is 0 Å². The van der Waals surface area contributed by atoms with Crippen molar-refractivity contribution in [2.45, 2.75) is 32.2 Å². The number of nitrogens with zero attached hydrogens (tertiary/aromatic N) is 3. The molecule has 0 aromatic carbocycles. The summed E-state index contributed by atoms with van der Waals surface area (Å²) < 4.78 is 0. The standard InChI is InChI=1S/C13H23N3/c1-4-5-6-7-15-8-10-16(11-9-15)13(2,3)12-14/h4H,1,5-11H2,2-3H3. The summed E-state index contributed by atoms with van der Waals surface area (Å²) in [5.74, 6) is 0. The van der Waals surface area contributed by atoms with Crippen molar-refractivity contribution in [2.75, 3.05) is 32.7 Å². The minimum absolute atomic E-state index is 0.312. The van der Waals surface area contributed by atoms with E-state index in [2.05, 4.69) is 22.4 Å². The fourth-order valence-electron chi connectivity index (χ4n) is 2.06. The van der Waals surface area contributed by atoms with Gasteiger partial charge in [0.05, 0.1) is 6.07 Å². The van der Waals surface area contributed by atoms with E-state index in [-0.39, 0.29) is 5.54 Å². The molecule has 0 saturated carbocycles. The van der Waals surface area contributed by atoms with Gasteiger partial charge in [0.25, 0.3) is 0 Å². The van der Waals surface area contributed by atoms with Crippen molar-refractivity contribution in [3.05, 3.63) is 12.7 Å². The summed E-state index contributed by atoms with van der Waals surface area (Å²) in [6.45, 7) is 13.1. The van der Waals surface area contributed by atoms with Crippen LogP contribution in [-0.4, -0.2) is 48.1 Å². The van der Waals surface area contributed by atoms with Crippen LogP contribution in [0.15, 0.2) is 12.7 Å². The molecule has 0 aromatic heterocycles. The Morgan fingerprint density at radius 1 is 1.31 bits per heavy atom. The van der Waals surface area contributed by atoms with E-state index in [0.29, 0.717) is 0 Å². The van der Waals surface area contributed by atoms with E-state index in [9.17, 15) is 0 Å². The predicted molar refractivity (Wildman–Crippen MR) is 67.1 cm³/mol. The maximum atomic E-state index is 9.07. The van der Waals surface area contributed by atoms with Crippen LogP contribution in [0.4, 0.5) is 0 Å². The van der Waals surface area contributed by atoms with Gasteiger partial charge in [-0.2, -0.15) is 5.26 Å². The Morgan fingerprint density at radius 2 is 1.94 bits per heavy atom. The lowest BCUT2D eigenvalue weighted by atomic mass is 10.0. The van der Waals surface area contributed by atoms with Gasteiger partial charge >= 0.3 is 0 Å². The van der Waals surface area contributed by atoms with E-state index >= 15 is 0 Å². The van der Waals surface area contributed by atoms with Crippen molar-refractivity contribution < 1.29 is 0 Å². The van der Waals surface area contributed by atoms with Gasteiger partial charge in [0.1, 0.15) is 5.54 Å². The number of rotatable bonds is 5. The third kappa shape index (κ3) is 3.62. The molecule has 0 bridgehead atoms. The molecule has 90 valence electrons. The predicted octanol–water partition coefficient (Wildman–Crippen LogP) is 1.87. The number of allylic oxidation sites excluding steroid dienone is 1. The lowest BCUT2D eigenvalue weighted by Crippen LogP contribution is -2.54. The molecular weight excluding hydrogens is 198 g/mol. The summed E-state index contributed by atoms with van der Waals surface area (Å²) in [5, 5.41) is 9.07. The molecule has 0 spiro atoms. The van der Waals surface area contributed by atoms with E-state index in [1.165, 1.54) is 6.42 Å². The fourth-order valence-corrected chi connectivity index (χ4v) is 2.06. The molecule has 16 heavy (non-hydrogen) atoms. The van der Waals surface area contributed by atoms with Gasteiger partial charge in [0.2, 0.25) is 0 Å². The Morgan fingerprint density at radius 3 is 2.44 bits per heavy atom. The van der Waals surface area contributed by atoms with Crippen LogP contribution in [0.3, 0.4) is 0 Å². The van der Waals surface area contributed by atoms with Crippen molar-refractivity contribution >= 4 is 0 Å². The fraction of sp³-hybridized carbons (Fsp3) is 0.769. The van der Waals surface area contributed by atoms with Crippen molar-refractivity contribution in [1.29, 1.82) is 5.26 Å². The highest BCUT2D eigenvalue weighted by Crippen LogP contribution is 2.15. The first kappa shape index (κ1) is 13.2. The first-order valence-corrected chi connectivity index (χ1v) is 6.09. The maximum Gasteiger partial charge on any atom is 0.103 e. The minimum Gasteiger partial charge on any atom is -0.301 e. The van der Waals surface area contributed by atoms with Crippen LogP contribution < -0.4 is 0 Å². The van der Waals surface area contributed by atoms with Crippen LogP contribution in [-0.2, 0) is 0 Å². The Labute approximate surface area is 99.3 Å². The van der Waals surface area contributed by atoms with Gasteiger partial charge in [-0.25, -0.2) is 0 Å². The Balaban J connectivity index is 2.29. The average molecular weight is 221 g/mol. The number of nitriles is 1. The first-order valence-electron chi connectivity index (χ1n) is 6.09. The van der Waals surface area contributed by atoms with E-state index < -0.39 is 0 Å². The van der Waals surface area contributed by atoms with Crippen LogP contribution in [0.5, 0.6) is 0 Å². The van der Waals surface area contributed by atoms with E-state index in [4.69, 9.17) is 5.26 Å². The zero-order valence-electron chi connectivity index (χ0n) is 10.6. The molecule has 1 aliphatic heterocycles. The second-order valence-corrected chi connectivity index (χ2v) is 4.93.